The van der Waals surface area contributed by atoms with Gasteiger partial charge in [0.05, 0.1) is 5.28 Å². The van der Waals surface area contributed by atoms with E-state index in [-0.39, 0.29) is 12.2 Å². The van der Waals surface area contributed by atoms with Crippen LogP contribution in [0.1, 0.15) is 91.9 Å². The van der Waals surface area contributed by atoms with Crippen molar-refractivity contribution in [3.63, 3.8) is 0 Å². The van der Waals surface area contributed by atoms with Crippen LogP contribution < -0.4 is 0 Å². The Morgan fingerprint density at radius 1 is 0.645 bits per heavy atom. The summed E-state index contributed by atoms with van der Waals surface area (Å²) in [5, 5.41) is -0.405. The molecule has 0 heterocycles. The van der Waals surface area contributed by atoms with Gasteiger partial charge in [0.1, 0.15) is 0 Å². The molecule has 0 aliphatic rings. The second kappa shape index (κ2) is 20.5. The molecule has 0 amide bonds. The predicted molar refractivity (Wildman–Crippen MR) is 138 cm³/mol. The Balaban J connectivity index is 5.29. The third-order valence-electron chi connectivity index (χ3n) is 4.82. The van der Waals surface area contributed by atoms with Crippen LogP contribution in [-0.2, 0) is 18.6 Å². The van der Waals surface area contributed by atoms with Crippen LogP contribution in [0.25, 0.3) is 0 Å². The molecule has 0 bridgehead atoms. The van der Waals surface area contributed by atoms with Crippen LogP contribution in [0.2, 0.25) is 5.82 Å². The second-order valence-electron chi connectivity index (χ2n) is 7.97. The monoisotopic (exact) mass is 520 g/mol. The molecule has 184 valence electrons. The van der Waals surface area contributed by atoms with Gasteiger partial charge in [0.2, 0.25) is 0 Å². The van der Waals surface area contributed by atoms with Crippen molar-refractivity contribution >= 4 is 60.6 Å². The lowest BCUT2D eigenvalue weighted by molar-refractivity contribution is 0.175. The molecule has 0 aliphatic carbocycles. The molecule has 31 heavy (non-hydrogen) atoms. The Labute approximate surface area is 211 Å². The van der Waals surface area contributed by atoms with E-state index in [0.29, 0.717) is 32.8 Å². The predicted octanol–water partition coefficient (Wildman–Crippen LogP) is 7.90. The van der Waals surface area contributed by atoms with Gasteiger partial charge in [0.15, 0.2) is 3.79 Å². The molecule has 0 aromatic rings. The molecule has 0 aromatic heterocycles. The molecule has 0 rings (SSSR count). The number of hydrogen-bond acceptors (Lipinski definition) is 4. The van der Waals surface area contributed by atoms with Crippen LogP contribution in [-0.4, -0.2) is 49.7 Å². The normalized spacial score (nSPS) is 13.9. The van der Waals surface area contributed by atoms with Crippen molar-refractivity contribution in [1.82, 2.24) is 0 Å². The summed E-state index contributed by atoms with van der Waals surface area (Å²) in [6.45, 7) is 10.9. The van der Waals surface area contributed by atoms with Gasteiger partial charge in [0, 0.05) is 26.4 Å². The maximum Gasteiger partial charge on any atom is 0.475 e. The fourth-order valence-corrected chi connectivity index (χ4v) is 3.91. The average molecular weight is 522 g/mol. The summed E-state index contributed by atoms with van der Waals surface area (Å²) in [6, 6.07) is 0. The summed E-state index contributed by atoms with van der Waals surface area (Å²) >= 11 is 25.3. The minimum Gasteiger partial charge on any atom is -0.411 e. The lowest BCUT2D eigenvalue weighted by Gasteiger charge is -2.29. The van der Waals surface area contributed by atoms with Crippen LogP contribution in [0.3, 0.4) is 0 Å². The van der Waals surface area contributed by atoms with E-state index < -0.39 is 23.3 Å². The molecule has 0 saturated carbocycles. The van der Waals surface area contributed by atoms with Crippen LogP contribution in [0.15, 0.2) is 0 Å². The molecule has 0 radical (unpaired) electrons. The highest BCUT2D eigenvalue weighted by Gasteiger charge is 2.41. The van der Waals surface area contributed by atoms with Crippen molar-refractivity contribution in [1.29, 1.82) is 0 Å². The van der Waals surface area contributed by atoms with E-state index in [0.717, 1.165) is 51.4 Å². The van der Waals surface area contributed by atoms with Crippen LogP contribution in [0.4, 0.5) is 0 Å². The zero-order valence-electron chi connectivity index (χ0n) is 19.9. The Kier molecular flexibility index (Phi) is 21.2. The van der Waals surface area contributed by atoms with Gasteiger partial charge >= 0.3 is 14.2 Å². The van der Waals surface area contributed by atoms with E-state index in [9.17, 15) is 0 Å². The Bertz CT molecular complexity index is 386. The standard InChI is InChI=1S/C21H42B2Cl4O4/c1-5-9-13-28-22(29-14-10-6-2)19(18-21(25,26)27)17-20(24)23(30-15-11-7-3)31-16-12-8-4/h19-20H,5-18H2,1-4H3/t19-,20+/m1/s1. The first-order valence-electron chi connectivity index (χ1n) is 12.0. The lowest BCUT2D eigenvalue weighted by atomic mass is 9.63. The molecule has 0 spiro atoms. The van der Waals surface area contributed by atoms with Gasteiger partial charge in [-0.3, -0.25) is 0 Å². The van der Waals surface area contributed by atoms with Gasteiger partial charge in [-0.2, -0.15) is 0 Å². The van der Waals surface area contributed by atoms with Crippen molar-refractivity contribution in [3.05, 3.63) is 0 Å². The van der Waals surface area contributed by atoms with Crippen LogP contribution >= 0.6 is 46.4 Å². The Morgan fingerprint density at radius 2 is 1.00 bits per heavy atom. The Hall–Kier alpha value is 1.13. The van der Waals surface area contributed by atoms with E-state index in [1.54, 1.807) is 0 Å². The first-order chi connectivity index (χ1) is 14.8. The second-order valence-corrected chi connectivity index (χ2v) is 11.0. The topological polar surface area (TPSA) is 36.9 Å². The number of unbranched alkanes of at least 4 members (excludes halogenated alkanes) is 4. The molecule has 0 saturated heterocycles. The maximum absolute atomic E-state index is 6.80. The number of hydrogen-bond donors (Lipinski definition) is 0. The van der Waals surface area contributed by atoms with E-state index >= 15 is 0 Å². The highest BCUT2D eigenvalue weighted by molar-refractivity contribution is 6.68. The molecular formula is C21H42B2Cl4O4. The molecule has 0 aliphatic heterocycles. The molecule has 2 atom stereocenters. The summed E-state index contributed by atoms with van der Waals surface area (Å²) in [5.41, 5.74) is 0. The summed E-state index contributed by atoms with van der Waals surface area (Å²) in [6.07, 6.45) is 8.74. The fourth-order valence-electron chi connectivity index (χ4n) is 2.94. The van der Waals surface area contributed by atoms with Gasteiger partial charge in [-0.15, -0.1) is 11.6 Å². The first-order valence-corrected chi connectivity index (χ1v) is 13.5. The highest BCUT2D eigenvalue weighted by Crippen LogP contribution is 2.40. The van der Waals surface area contributed by atoms with Gasteiger partial charge in [-0.1, -0.05) is 88.2 Å². The fraction of sp³-hybridized carbons (Fsp3) is 1.00. The van der Waals surface area contributed by atoms with Crippen molar-refractivity contribution in [3.8, 4) is 0 Å². The minimum atomic E-state index is -1.43. The Morgan fingerprint density at radius 3 is 1.32 bits per heavy atom. The third-order valence-corrected chi connectivity index (χ3v) is 5.67. The summed E-state index contributed by atoms with van der Waals surface area (Å²) in [5.74, 6) is -0.198. The largest absolute Gasteiger partial charge is 0.475 e. The molecule has 0 aromatic carbocycles. The highest BCUT2D eigenvalue weighted by atomic mass is 35.6. The SMILES string of the molecule is CCCCOB(OCCCC)[C@H](C[C@H](Cl)B(OCCCC)OCCCC)CC(Cl)(Cl)Cl. The first kappa shape index (κ1) is 32.1. The van der Waals surface area contributed by atoms with Gasteiger partial charge in [-0.05, 0) is 44.3 Å². The van der Waals surface area contributed by atoms with Gasteiger partial charge < -0.3 is 18.6 Å². The average Bonchev–Trinajstić information content (AvgIpc) is 2.70. The molecule has 0 unspecified atom stereocenters. The number of halogens is 4. The zero-order chi connectivity index (χ0) is 23.5. The zero-order valence-corrected chi connectivity index (χ0v) is 22.9. The minimum absolute atomic E-state index is 0.198. The van der Waals surface area contributed by atoms with Crippen molar-refractivity contribution < 1.29 is 18.6 Å². The van der Waals surface area contributed by atoms with E-state index in [1.165, 1.54) is 0 Å². The summed E-state index contributed by atoms with van der Waals surface area (Å²) in [4.78, 5) is 0. The molecule has 0 fully saturated rings. The summed E-state index contributed by atoms with van der Waals surface area (Å²) < 4.78 is 22.7. The van der Waals surface area contributed by atoms with Crippen LogP contribution in [0, 0.1) is 0 Å². The third kappa shape index (κ3) is 18.2. The van der Waals surface area contributed by atoms with E-state index in [1.807, 2.05) is 0 Å². The summed E-state index contributed by atoms with van der Waals surface area (Å²) in [7, 11) is -0.994. The number of rotatable bonds is 21. The molecule has 10 heteroatoms. The van der Waals surface area contributed by atoms with E-state index in [2.05, 4.69) is 27.7 Å². The quantitative estimate of drug-likeness (QED) is 0.0874. The molecule has 0 N–H and O–H groups in total. The van der Waals surface area contributed by atoms with Crippen molar-refractivity contribution in [2.45, 2.75) is 107 Å². The lowest BCUT2D eigenvalue weighted by Crippen LogP contribution is -2.39. The van der Waals surface area contributed by atoms with Gasteiger partial charge in [0.25, 0.3) is 0 Å². The maximum atomic E-state index is 6.80. The van der Waals surface area contributed by atoms with Gasteiger partial charge in [-0.25, -0.2) is 0 Å². The van der Waals surface area contributed by atoms with Crippen molar-refractivity contribution in [2.75, 3.05) is 26.4 Å². The van der Waals surface area contributed by atoms with Crippen molar-refractivity contribution in [2.24, 2.45) is 0 Å². The number of alkyl halides is 4. The smallest absolute Gasteiger partial charge is 0.411 e. The molecule has 4 nitrogen and oxygen atoms in total. The van der Waals surface area contributed by atoms with E-state index in [4.69, 9.17) is 65.0 Å². The molecular weight excluding hydrogens is 480 g/mol. The van der Waals surface area contributed by atoms with Crippen LogP contribution in [0.5, 0.6) is 0 Å².